The Morgan fingerprint density at radius 1 is 0.969 bits per heavy atom. The van der Waals surface area contributed by atoms with Gasteiger partial charge in [-0.15, -0.1) is 0 Å². The Labute approximate surface area is 188 Å². The van der Waals surface area contributed by atoms with Gasteiger partial charge in [-0.25, -0.2) is 0 Å². The van der Waals surface area contributed by atoms with Crippen molar-refractivity contribution in [1.82, 2.24) is 9.88 Å². The third-order valence-corrected chi connectivity index (χ3v) is 5.44. The first-order valence-corrected chi connectivity index (χ1v) is 11.0. The summed E-state index contributed by atoms with van der Waals surface area (Å²) in [6, 6.07) is 14.1. The SMILES string of the molecule is CCCN(CCCNc1ccnc2cc(C(F)(F)F)ccc12)Cc1ccc(N(C)C)cc1. The third-order valence-electron chi connectivity index (χ3n) is 5.44. The van der Waals surface area contributed by atoms with Crippen molar-refractivity contribution in [3.63, 3.8) is 0 Å². The molecule has 0 unspecified atom stereocenters. The van der Waals surface area contributed by atoms with E-state index < -0.39 is 11.7 Å². The van der Waals surface area contributed by atoms with Crippen LogP contribution in [0.4, 0.5) is 24.5 Å². The number of halogens is 3. The molecule has 0 aliphatic rings. The fourth-order valence-corrected chi connectivity index (χ4v) is 3.75. The van der Waals surface area contributed by atoms with Crippen LogP contribution < -0.4 is 10.2 Å². The van der Waals surface area contributed by atoms with Gasteiger partial charge in [-0.1, -0.05) is 25.1 Å². The smallest absolute Gasteiger partial charge is 0.384 e. The zero-order valence-corrected chi connectivity index (χ0v) is 18.9. The summed E-state index contributed by atoms with van der Waals surface area (Å²) in [5, 5.41) is 4.07. The molecule has 1 heterocycles. The van der Waals surface area contributed by atoms with E-state index in [0.29, 0.717) is 10.9 Å². The van der Waals surface area contributed by atoms with Gasteiger partial charge in [0.1, 0.15) is 0 Å². The van der Waals surface area contributed by atoms with Crippen LogP contribution in [-0.2, 0) is 12.7 Å². The standard InChI is InChI=1S/C25H31F3N4/c1-4-15-32(18-19-6-9-21(10-7-19)31(2)3)16-5-13-29-23-12-14-30-24-17-20(25(26,27)28)8-11-22(23)24/h6-12,14,17H,4-5,13,15-16,18H2,1-3H3,(H,29,30). The topological polar surface area (TPSA) is 31.4 Å². The van der Waals surface area contributed by atoms with E-state index in [1.807, 2.05) is 20.2 Å². The molecule has 0 spiro atoms. The first-order valence-electron chi connectivity index (χ1n) is 11.0. The summed E-state index contributed by atoms with van der Waals surface area (Å²) < 4.78 is 38.9. The van der Waals surface area contributed by atoms with E-state index in [1.165, 1.54) is 17.3 Å². The van der Waals surface area contributed by atoms with Gasteiger partial charge in [0.2, 0.25) is 0 Å². The van der Waals surface area contributed by atoms with Gasteiger partial charge in [-0.05, 0) is 55.3 Å². The second-order valence-corrected chi connectivity index (χ2v) is 8.21. The maximum Gasteiger partial charge on any atom is 0.416 e. The van der Waals surface area contributed by atoms with E-state index in [1.54, 1.807) is 6.20 Å². The van der Waals surface area contributed by atoms with Gasteiger partial charge >= 0.3 is 6.18 Å². The molecule has 1 N–H and O–H groups in total. The fourth-order valence-electron chi connectivity index (χ4n) is 3.75. The summed E-state index contributed by atoms with van der Waals surface area (Å²) >= 11 is 0. The number of hydrogen-bond acceptors (Lipinski definition) is 4. The molecule has 4 nitrogen and oxygen atoms in total. The summed E-state index contributed by atoms with van der Waals surface area (Å²) in [5.74, 6) is 0. The summed E-state index contributed by atoms with van der Waals surface area (Å²) in [4.78, 5) is 8.64. The number of fused-ring (bicyclic) bond motifs is 1. The minimum Gasteiger partial charge on any atom is -0.384 e. The van der Waals surface area contributed by atoms with Gasteiger partial charge in [0.05, 0.1) is 11.1 Å². The Kier molecular flexibility index (Phi) is 7.96. The number of nitrogens with zero attached hydrogens (tertiary/aromatic N) is 3. The minimum atomic E-state index is -4.37. The molecule has 3 aromatic rings. The Morgan fingerprint density at radius 2 is 1.72 bits per heavy atom. The second kappa shape index (κ2) is 10.7. The van der Waals surface area contributed by atoms with E-state index in [0.717, 1.165) is 56.8 Å². The van der Waals surface area contributed by atoms with Crippen LogP contribution >= 0.6 is 0 Å². The fraction of sp³-hybridized carbons (Fsp3) is 0.400. The Bertz CT molecular complexity index is 1000. The van der Waals surface area contributed by atoms with Crippen molar-refractivity contribution < 1.29 is 13.2 Å². The average Bonchev–Trinajstić information content (AvgIpc) is 2.76. The van der Waals surface area contributed by atoms with Crippen molar-refractivity contribution >= 4 is 22.3 Å². The molecule has 32 heavy (non-hydrogen) atoms. The highest BCUT2D eigenvalue weighted by Gasteiger charge is 2.30. The number of benzene rings is 2. The first kappa shape index (κ1) is 23.9. The van der Waals surface area contributed by atoms with Crippen LogP contribution in [0.25, 0.3) is 10.9 Å². The van der Waals surface area contributed by atoms with E-state index in [9.17, 15) is 13.2 Å². The van der Waals surface area contributed by atoms with Crippen LogP contribution in [-0.4, -0.2) is 43.6 Å². The van der Waals surface area contributed by atoms with Gasteiger partial charge < -0.3 is 10.2 Å². The summed E-state index contributed by atoms with van der Waals surface area (Å²) in [7, 11) is 4.07. The molecule has 0 aliphatic heterocycles. The molecule has 2 aromatic carbocycles. The number of hydrogen-bond donors (Lipinski definition) is 1. The third kappa shape index (κ3) is 6.36. The maximum absolute atomic E-state index is 13.0. The van der Waals surface area contributed by atoms with Crippen LogP contribution in [0.2, 0.25) is 0 Å². The second-order valence-electron chi connectivity index (χ2n) is 8.21. The van der Waals surface area contributed by atoms with Crippen molar-refractivity contribution in [2.45, 2.75) is 32.5 Å². The minimum absolute atomic E-state index is 0.346. The molecule has 7 heteroatoms. The Morgan fingerprint density at radius 3 is 2.38 bits per heavy atom. The van der Waals surface area contributed by atoms with Gasteiger partial charge in [-0.3, -0.25) is 9.88 Å². The van der Waals surface area contributed by atoms with Crippen molar-refractivity contribution in [3.8, 4) is 0 Å². The Hall–Kier alpha value is -2.80. The molecular weight excluding hydrogens is 413 g/mol. The number of alkyl halides is 3. The molecule has 0 atom stereocenters. The van der Waals surface area contributed by atoms with Crippen LogP contribution in [0.3, 0.4) is 0 Å². The molecule has 0 radical (unpaired) electrons. The van der Waals surface area contributed by atoms with Crippen LogP contribution in [0, 0.1) is 0 Å². The summed E-state index contributed by atoms with van der Waals surface area (Å²) in [6.07, 6.45) is -0.805. The van der Waals surface area contributed by atoms with Gasteiger partial charge in [0.25, 0.3) is 0 Å². The average molecular weight is 445 g/mol. The quantitative estimate of drug-likeness (QED) is 0.387. The molecule has 1 aromatic heterocycles. The molecule has 172 valence electrons. The maximum atomic E-state index is 13.0. The largest absolute Gasteiger partial charge is 0.416 e. The lowest BCUT2D eigenvalue weighted by molar-refractivity contribution is -0.137. The lowest BCUT2D eigenvalue weighted by Gasteiger charge is -2.22. The number of anilines is 2. The summed E-state index contributed by atoms with van der Waals surface area (Å²) in [6.45, 7) is 5.78. The van der Waals surface area contributed by atoms with E-state index in [4.69, 9.17) is 0 Å². The van der Waals surface area contributed by atoms with Crippen molar-refractivity contribution in [1.29, 1.82) is 0 Å². The zero-order chi connectivity index (χ0) is 23.1. The lowest BCUT2D eigenvalue weighted by Crippen LogP contribution is -2.26. The predicted molar refractivity (Wildman–Crippen MR) is 126 cm³/mol. The van der Waals surface area contributed by atoms with Crippen LogP contribution in [0.15, 0.2) is 54.7 Å². The number of pyridine rings is 1. The normalized spacial score (nSPS) is 11.8. The number of aromatic nitrogens is 1. The first-order chi connectivity index (χ1) is 15.3. The monoisotopic (exact) mass is 444 g/mol. The molecule has 0 saturated heterocycles. The highest BCUT2D eigenvalue weighted by Crippen LogP contribution is 2.32. The number of nitrogens with one attached hydrogen (secondary N) is 1. The predicted octanol–water partition coefficient (Wildman–Crippen LogP) is 6.03. The molecule has 0 bridgehead atoms. The summed E-state index contributed by atoms with van der Waals surface area (Å²) in [5.41, 5.74) is 2.96. The molecule has 0 aliphatic carbocycles. The van der Waals surface area contributed by atoms with E-state index >= 15 is 0 Å². The highest BCUT2D eigenvalue weighted by molar-refractivity contribution is 5.91. The van der Waals surface area contributed by atoms with Crippen molar-refractivity contribution in [2.24, 2.45) is 0 Å². The van der Waals surface area contributed by atoms with E-state index in [2.05, 4.69) is 51.3 Å². The molecular formula is C25H31F3N4. The van der Waals surface area contributed by atoms with Crippen LogP contribution in [0.5, 0.6) is 0 Å². The lowest BCUT2D eigenvalue weighted by atomic mass is 10.1. The van der Waals surface area contributed by atoms with E-state index in [-0.39, 0.29) is 0 Å². The molecule has 3 rings (SSSR count). The van der Waals surface area contributed by atoms with Gasteiger partial charge in [0.15, 0.2) is 0 Å². The highest BCUT2D eigenvalue weighted by atomic mass is 19.4. The van der Waals surface area contributed by atoms with Crippen molar-refractivity contribution in [3.05, 3.63) is 65.9 Å². The van der Waals surface area contributed by atoms with Gasteiger partial charge in [0, 0.05) is 56.7 Å². The zero-order valence-electron chi connectivity index (χ0n) is 18.9. The molecule has 0 amide bonds. The molecule has 0 saturated carbocycles. The van der Waals surface area contributed by atoms with Gasteiger partial charge in [-0.2, -0.15) is 13.2 Å². The van der Waals surface area contributed by atoms with Crippen LogP contribution in [0.1, 0.15) is 30.9 Å². The number of rotatable bonds is 10. The van der Waals surface area contributed by atoms with Crippen molar-refractivity contribution in [2.75, 3.05) is 43.9 Å². The Balaban J connectivity index is 1.57. The molecule has 0 fully saturated rings.